The summed E-state index contributed by atoms with van der Waals surface area (Å²) in [7, 11) is 0. The first-order valence-electron chi connectivity index (χ1n) is 17.6. The first kappa shape index (κ1) is 34.7. The number of ether oxygens (including phenoxy) is 1. The van der Waals surface area contributed by atoms with Crippen molar-refractivity contribution in [3.05, 3.63) is 195 Å². The largest absolute Gasteiger partial charge is 4.00 e. The van der Waals surface area contributed by atoms with Crippen LogP contribution in [0.15, 0.2) is 170 Å². The average Bonchev–Trinajstić information content (AvgIpc) is 3.84. The van der Waals surface area contributed by atoms with Gasteiger partial charge in [0.1, 0.15) is 12.4 Å². The van der Waals surface area contributed by atoms with Gasteiger partial charge < -0.3 is 13.9 Å². The van der Waals surface area contributed by atoms with Crippen molar-refractivity contribution in [3.8, 4) is 56.5 Å². The van der Waals surface area contributed by atoms with Crippen molar-refractivity contribution in [2.24, 2.45) is 0 Å². The number of hydrogen-bond acceptors (Lipinski definition) is 5. The van der Waals surface area contributed by atoms with E-state index in [1.54, 1.807) is 24.8 Å². The fourth-order valence-electron chi connectivity index (χ4n) is 6.77. The van der Waals surface area contributed by atoms with E-state index in [0.29, 0.717) is 45.5 Å². The molecule has 0 unspecified atom stereocenters. The molecule has 0 aliphatic heterocycles. The molecule has 6 aromatic carbocycles. The van der Waals surface area contributed by atoms with Crippen molar-refractivity contribution in [2.45, 2.75) is 0 Å². The van der Waals surface area contributed by atoms with E-state index in [2.05, 4.69) is 73.3 Å². The van der Waals surface area contributed by atoms with Gasteiger partial charge in [0.05, 0.1) is 12.4 Å². The van der Waals surface area contributed by atoms with Gasteiger partial charge in [0.25, 0.3) is 0 Å². The van der Waals surface area contributed by atoms with Crippen molar-refractivity contribution in [1.29, 1.82) is 0 Å². The van der Waals surface area contributed by atoms with E-state index in [-0.39, 0.29) is 21.1 Å². The zero-order chi connectivity index (χ0) is 36.6. The first-order valence-corrected chi connectivity index (χ1v) is 17.6. The third-order valence-corrected chi connectivity index (χ3v) is 9.23. The van der Waals surface area contributed by atoms with Crippen LogP contribution in [0.4, 0.5) is 0 Å². The molecule has 4 heterocycles. The van der Waals surface area contributed by atoms with E-state index >= 15 is 0 Å². The normalized spacial score (nSPS) is 11.1. The van der Waals surface area contributed by atoms with E-state index in [4.69, 9.17) is 24.7 Å². The maximum absolute atomic E-state index is 6.41. The summed E-state index contributed by atoms with van der Waals surface area (Å²) >= 11 is 0. The van der Waals surface area contributed by atoms with Crippen molar-refractivity contribution in [2.75, 3.05) is 0 Å². The Morgan fingerprint density at radius 1 is 0.429 bits per heavy atom. The monoisotopic (exact) mass is 903 g/mol. The number of benzene rings is 6. The summed E-state index contributed by atoms with van der Waals surface area (Å²) < 4.78 is 14.0. The van der Waals surface area contributed by atoms with E-state index in [1.165, 1.54) is 0 Å². The SMILES string of the molecule is [Pt+4].[c-]1c(Oc2[c-]c(-n3[c-][n+](-c4ccccc4-c4ccccc4)c4nccnc43)ccc2)cccc1-n1[c-][n+](-c2ccccc2-c2ccccc2)c2nccnc21. The van der Waals surface area contributed by atoms with Crippen molar-refractivity contribution in [1.82, 2.24) is 29.1 Å². The summed E-state index contributed by atoms with van der Waals surface area (Å²) in [5.41, 5.74) is 10.1. The molecule has 0 atom stereocenters. The Hall–Kier alpha value is -7.09. The van der Waals surface area contributed by atoms with Crippen LogP contribution in [-0.2, 0) is 21.1 Å². The molecule has 266 valence electrons. The molecule has 0 amide bonds. The fraction of sp³-hybridized carbons (Fsp3) is 0. The van der Waals surface area contributed by atoms with Crippen LogP contribution >= 0.6 is 0 Å². The zero-order valence-corrected chi connectivity index (χ0v) is 31.7. The summed E-state index contributed by atoms with van der Waals surface area (Å²) in [6, 6.07) is 55.2. The second-order valence-corrected chi connectivity index (χ2v) is 12.6. The van der Waals surface area contributed by atoms with E-state index in [1.807, 2.05) is 115 Å². The maximum Gasteiger partial charge on any atom is 4.00 e. The van der Waals surface area contributed by atoms with Crippen LogP contribution in [-0.4, -0.2) is 29.1 Å². The minimum atomic E-state index is 0. The quantitative estimate of drug-likeness (QED) is 0.114. The van der Waals surface area contributed by atoms with Gasteiger partial charge in [-0.3, -0.25) is 19.1 Å². The zero-order valence-electron chi connectivity index (χ0n) is 29.5. The number of nitrogens with zero attached hydrogens (tertiary/aromatic N) is 8. The molecular weight excluding hydrogens is 876 g/mol. The fourth-order valence-corrected chi connectivity index (χ4v) is 6.77. The van der Waals surface area contributed by atoms with Gasteiger partial charge in [0.2, 0.25) is 11.3 Å². The predicted molar refractivity (Wildman–Crippen MR) is 207 cm³/mol. The van der Waals surface area contributed by atoms with Gasteiger partial charge in [-0.05, 0) is 22.3 Å². The number of imidazole rings is 2. The molecule has 0 N–H and O–H groups in total. The molecule has 4 aromatic heterocycles. The summed E-state index contributed by atoms with van der Waals surface area (Å²) in [6.45, 7) is 0. The second kappa shape index (κ2) is 15.0. The molecule has 10 rings (SSSR count). The second-order valence-electron chi connectivity index (χ2n) is 12.6. The van der Waals surface area contributed by atoms with Gasteiger partial charge in [-0.1, -0.05) is 121 Å². The average molecular weight is 904 g/mol. The van der Waals surface area contributed by atoms with Crippen molar-refractivity contribution >= 4 is 22.6 Å². The topological polar surface area (TPSA) is 78.4 Å². The Morgan fingerprint density at radius 2 is 0.839 bits per heavy atom. The van der Waals surface area contributed by atoms with E-state index in [0.717, 1.165) is 33.6 Å². The summed E-state index contributed by atoms with van der Waals surface area (Å²) in [5.74, 6) is 0.989. The van der Waals surface area contributed by atoms with Crippen LogP contribution in [0.3, 0.4) is 0 Å². The molecule has 0 spiro atoms. The Labute approximate surface area is 336 Å². The maximum atomic E-state index is 6.41. The number of hydrogen-bond donors (Lipinski definition) is 0. The summed E-state index contributed by atoms with van der Waals surface area (Å²) in [5, 5.41) is 0. The van der Waals surface area contributed by atoms with Gasteiger partial charge in [-0.2, -0.15) is 34.2 Å². The summed E-state index contributed by atoms with van der Waals surface area (Å²) in [4.78, 5) is 18.8. The first-order chi connectivity index (χ1) is 27.3. The van der Waals surface area contributed by atoms with Crippen LogP contribution in [0, 0.1) is 24.8 Å². The molecule has 0 aliphatic rings. The molecule has 0 saturated heterocycles. The minimum Gasteiger partial charge on any atom is -0.510 e. The Morgan fingerprint density at radius 3 is 1.30 bits per heavy atom. The molecule has 0 fully saturated rings. The molecule has 10 aromatic rings. The van der Waals surface area contributed by atoms with E-state index in [9.17, 15) is 0 Å². The number of fused-ring (bicyclic) bond motifs is 2. The number of rotatable bonds is 8. The van der Waals surface area contributed by atoms with Crippen LogP contribution in [0.25, 0.3) is 67.6 Å². The molecule has 0 saturated carbocycles. The van der Waals surface area contributed by atoms with E-state index < -0.39 is 0 Å². The third kappa shape index (κ3) is 6.34. The van der Waals surface area contributed by atoms with Crippen LogP contribution < -0.4 is 13.9 Å². The van der Waals surface area contributed by atoms with Crippen LogP contribution in [0.5, 0.6) is 11.5 Å². The number of para-hydroxylation sites is 2. The van der Waals surface area contributed by atoms with Gasteiger partial charge in [-0.15, -0.1) is 24.3 Å². The molecule has 0 bridgehead atoms. The van der Waals surface area contributed by atoms with Crippen LogP contribution in [0.2, 0.25) is 0 Å². The molecular formula is C46H28N8OPt+2. The van der Waals surface area contributed by atoms with Crippen molar-refractivity contribution in [3.63, 3.8) is 0 Å². The van der Waals surface area contributed by atoms with Gasteiger partial charge >= 0.3 is 21.1 Å². The Bertz CT molecular complexity index is 2780. The molecule has 9 nitrogen and oxygen atoms in total. The molecule has 0 radical (unpaired) electrons. The van der Waals surface area contributed by atoms with Crippen LogP contribution in [0.1, 0.15) is 0 Å². The van der Waals surface area contributed by atoms with Gasteiger partial charge in [0.15, 0.2) is 23.9 Å². The Kier molecular flexibility index (Phi) is 9.27. The number of aromatic nitrogens is 8. The third-order valence-electron chi connectivity index (χ3n) is 9.23. The molecule has 0 aliphatic carbocycles. The predicted octanol–water partition coefficient (Wildman–Crippen LogP) is 8.03. The van der Waals surface area contributed by atoms with Gasteiger partial charge in [-0.25, -0.2) is 0 Å². The smallest absolute Gasteiger partial charge is 0.510 e. The van der Waals surface area contributed by atoms with Gasteiger partial charge in [0, 0.05) is 22.9 Å². The summed E-state index contributed by atoms with van der Waals surface area (Å²) in [6.07, 6.45) is 13.7. The van der Waals surface area contributed by atoms with Crippen molar-refractivity contribution < 1.29 is 34.9 Å². The molecule has 10 heteroatoms. The molecule has 56 heavy (non-hydrogen) atoms. The Balaban J connectivity index is 0.00000410. The minimum absolute atomic E-state index is 0. The standard InChI is InChI=1S/C46H28N8O.Pt/c1-3-13-33(14-4-1)39-21-7-9-23-41(39)53-31-51(43-45(53)49-27-25-47-43)35-17-11-19-37(29-35)55-38-20-12-18-36(30-38)52-32-54(46-44(52)48-26-28-50-46)42-24-10-8-22-40(42)34-15-5-2-6-16-34;/h1-28H;/q-2;+4.